The molecule has 0 spiro atoms. The van der Waals surface area contributed by atoms with Gasteiger partial charge in [-0.15, -0.1) is 0 Å². The van der Waals surface area contributed by atoms with E-state index in [0.29, 0.717) is 17.2 Å². The van der Waals surface area contributed by atoms with Crippen LogP contribution in [-0.2, 0) is 0 Å². The second-order valence-electron chi connectivity index (χ2n) is 7.79. The van der Waals surface area contributed by atoms with Gasteiger partial charge in [0.05, 0.1) is 16.0 Å². The molecule has 0 radical (unpaired) electrons. The highest BCUT2D eigenvalue weighted by molar-refractivity contribution is 6.02. The molecule has 172 valence electrons. The lowest BCUT2D eigenvalue weighted by molar-refractivity contribution is -0.384. The predicted molar refractivity (Wildman–Crippen MR) is 131 cm³/mol. The number of imidazole rings is 1. The summed E-state index contributed by atoms with van der Waals surface area (Å²) in [6.45, 7) is 1.59. The SMILES string of the molecule is Cc1cc(=O)c(C(=O)Nc2ccc(-c3nc4ccccc4[nH]3)cc2)nn1-c1ccccc1[N+](=O)[O-]. The fourth-order valence-corrected chi connectivity index (χ4v) is 3.74. The van der Waals surface area contributed by atoms with E-state index >= 15 is 0 Å². The topological polar surface area (TPSA) is 136 Å². The predicted octanol–water partition coefficient (Wildman–Crippen LogP) is 4.24. The van der Waals surface area contributed by atoms with Gasteiger partial charge in [-0.1, -0.05) is 24.3 Å². The van der Waals surface area contributed by atoms with Crippen molar-refractivity contribution in [2.75, 3.05) is 5.32 Å². The molecule has 0 saturated heterocycles. The third-order valence-electron chi connectivity index (χ3n) is 5.43. The van der Waals surface area contributed by atoms with Crippen molar-refractivity contribution in [3.8, 4) is 17.1 Å². The Morgan fingerprint density at radius 3 is 2.49 bits per heavy atom. The number of H-pyrrole nitrogens is 1. The standard InChI is InChI=1S/C25H18N6O4/c1-15-14-22(32)23(29-30(15)20-8-4-5-9-21(20)31(34)35)25(33)26-17-12-10-16(11-13-17)24-27-18-6-2-3-7-19(18)28-24/h2-14H,1H3,(H,26,33)(H,27,28). The van der Waals surface area contributed by atoms with Crippen molar-refractivity contribution in [1.29, 1.82) is 0 Å². The Labute approximate surface area is 198 Å². The first-order valence-corrected chi connectivity index (χ1v) is 10.6. The molecule has 0 aliphatic rings. The zero-order chi connectivity index (χ0) is 24.5. The first-order valence-electron chi connectivity index (χ1n) is 10.6. The van der Waals surface area contributed by atoms with E-state index in [-0.39, 0.29) is 17.1 Å². The van der Waals surface area contributed by atoms with Crippen LogP contribution in [0.15, 0.2) is 83.7 Å². The number of para-hydroxylation sites is 4. The van der Waals surface area contributed by atoms with Crippen molar-refractivity contribution < 1.29 is 9.72 Å². The summed E-state index contributed by atoms with van der Waals surface area (Å²) in [5.41, 5.74) is 2.39. The highest BCUT2D eigenvalue weighted by Crippen LogP contribution is 2.23. The van der Waals surface area contributed by atoms with Gasteiger partial charge < -0.3 is 10.3 Å². The molecule has 0 aliphatic carbocycles. The summed E-state index contributed by atoms with van der Waals surface area (Å²) >= 11 is 0. The average molecular weight is 466 g/mol. The molecule has 0 saturated carbocycles. The third-order valence-corrected chi connectivity index (χ3v) is 5.43. The number of nitro groups is 1. The summed E-state index contributed by atoms with van der Waals surface area (Å²) in [7, 11) is 0. The summed E-state index contributed by atoms with van der Waals surface area (Å²) in [5, 5.41) is 18.2. The van der Waals surface area contributed by atoms with Crippen LogP contribution < -0.4 is 10.7 Å². The number of aromatic amines is 1. The van der Waals surface area contributed by atoms with Gasteiger partial charge in [-0.2, -0.15) is 5.10 Å². The zero-order valence-corrected chi connectivity index (χ0v) is 18.4. The van der Waals surface area contributed by atoms with Gasteiger partial charge in [-0.25, -0.2) is 9.67 Å². The molecule has 1 amide bonds. The van der Waals surface area contributed by atoms with Crippen molar-refractivity contribution in [2.24, 2.45) is 0 Å². The number of rotatable bonds is 5. The molecule has 0 bridgehead atoms. The maximum Gasteiger partial charge on any atom is 0.294 e. The van der Waals surface area contributed by atoms with Crippen LogP contribution in [0.1, 0.15) is 16.2 Å². The van der Waals surface area contributed by atoms with Gasteiger partial charge in [0, 0.05) is 29.1 Å². The minimum atomic E-state index is -0.723. The van der Waals surface area contributed by atoms with Gasteiger partial charge in [0.2, 0.25) is 5.43 Å². The minimum absolute atomic E-state index is 0.152. The Bertz CT molecular complexity index is 1620. The first-order chi connectivity index (χ1) is 16.9. The zero-order valence-electron chi connectivity index (χ0n) is 18.4. The normalized spacial score (nSPS) is 10.9. The van der Waals surface area contributed by atoms with Crippen LogP contribution in [0.25, 0.3) is 28.1 Å². The fourth-order valence-electron chi connectivity index (χ4n) is 3.74. The van der Waals surface area contributed by atoms with Gasteiger partial charge in [-0.05, 0) is 49.4 Å². The molecule has 3 aromatic carbocycles. The lowest BCUT2D eigenvalue weighted by Gasteiger charge is -2.11. The molecule has 10 heteroatoms. The number of hydrogen-bond donors (Lipinski definition) is 2. The van der Waals surface area contributed by atoms with E-state index in [1.807, 2.05) is 24.3 Å². The molecule has 0 fully saturated rings. The maximum absolute atomic E-state index is 12.9. The first kappa shape index (κ1) is 21.7. The molecule has 2 N–H and O–H groups in total. The summed E-state index contributed by atoms with van der Waals surface area (Å²) in [6.07, 6.45) is 0. The van der Waals surface area contributed by atoms with E-state index in [9.17, 15) is 19.7 Å². The summed E-state index contributed by atoms with van der Waals surface area (Å²) in [6, 6.07) is 21.9. The van der Waals surface area contributed by atoms with Gasteiger partial charge in [0.1, 0.15) is 11.5 Å². The van der Waals surface area contributed by atoms with Crippen LogP contribution in [0.4, 0.5) is 11.4 Å². The van der Waals surface area contributed by atoms with Crippen LogP contribution in [0.3, 0.4) is 0 Å². The van der Waals surface area contributed by atoms with Crippen molar-refractivity contribution in [1.82, 2.24) is 19.7 Å². The third kappa shape index (κ3) is 4.15. The van der Waals surface area contributed by atoms with E-state index in [1.54, 1.807) is 37.3 Å². The Morgan fingerprint density at radius 2 is 1.74 bits per heavy atom. The van der Waals surface area contributed by atoms with Gasteiger partial charge in [0.15, 0.2) is 5.69 Å². The van der Waals surface area contributed by atoms with E-state index in [1.165, 1.54) is 28.9 Å². The number of nitrogens with one attached hydrogen (secondary N) is 2. The lowest BCUT2D eigenvalue weighted by Crippen LogP contribution is -2.27. The second-order valence-corrected chi connectivity index (χ2v) is 7.79. The van der Waals surface area contributed by atoms with Crippen molar-refractivity contribution >= 4 is 28.3 Å². The van der Waals surface area contributed by atoms with E-state index < -0.39 is 16.3 Å². The highest BCUT2D eigenvalue weighted by Gasteiger charge is 2.20. The molecule has 5 aromatic rings. The average Bonchev–Trinajstić information content (AvgIpc) is 3.29. The van der Waals surface area contributed by atoms with Crippen molar-refractivity contribution in [3.05, 3.63) is 111 Å². The minimum Gasteiger partial charge on any atom is -0.338 e. The number of amides is 1. The molecule has 2 heterocycles. The largest absolute Gasteiger partial charge is 0.338 e. The Hall–Kier alpha value is -5.12. The summed E-state index contributed by atoms with van der Waals surface area (Å²) < 4.78 is 1.22. The van der Waals surface area contributed by atoms with E-state index in [2.05, 4.69) is 20.4 Å². The molecule has 10 nitrogen and oxygen atoms in total. The van der Waals surface area contributed by atoms with Crippen LogP contribution in [0, 0.1) is 17.0 Å². The smallest absolute Gasteiger partial charge is 0.294 e. The second kappa shape index (κ2) is 8.67. The molecule has 0 unspecified atom stereocenters. The number of benzene rings is 3. The van der Waals surface area contributed by atoms with Gasteiger partial charge in [0.25, 0.3) is 11.6 Å². The summed E-state index contributed by atoms with van der Waals surface area (Å²) in [5.74, 6) is -0.0320. The molecule has 0 aliphatic heterocycles. The number of anilines is 1. The Balaban J connectivity index is 1.42. The number of aromatic nitrogens is 4. The molecule has 0 atom stereocenters. The molecular formula is C25H18N6O4. The lowest BCUT2D eigenvalue weighted by atomic mass is 10.2. The number of carbonyl (C=O) groups is 1. The number of hydrogen-bond acceptors (Lipinski definition) is 6. The monoisotopic (exact) mass is 466 g/mol. The number of nitrogens with zero attached hydrogens (tertiary/aromatic N) is 4. The molecule has 5 rings (SSSR count). The quantitative estimate of drug-likeness (QED) is 0.294. The van der Waals surface area contributed by atoms with E-state index in [4.69, 9.17) is 0 Å². The maximum atomic E-state index is 12.9. The fraction of sp³-hybridized carbons (Fsp3) is 0.0400. The molecule has 35 heavy (non-hydrogen) atoms. The highest BCUT2D eigenvalue weighted by atomic mass is 16.6. The van der Waals surface area contributed by atoms with Crippen molar-refractivity contribution in [3.63, 3.8) is 0 Å². The molecule has 2 aromatic heterocycles. The number of carbonyl (C=O) groups excluding carboxylic acids is 1. The Kier molecular flexibility index (Phi) is 5.38. The van der Waals surface area contributed by atoms with Crippen LogP contribution >= 0.6 is 0 Å². The van der Waals surface area contributed by atoms with Crippen molar-refractivity contribution in [2.45, 2.75) is 6.92 Å². The number of aryl methyl sites for hydroxylation is 1. The van der Waals surface area contributed by atoms with Gasteiger partial charge >= 0.3 is 0 Å². The number of fused-ring (bicyclic) bond motifs is 1. The van der Waals surface area contributed by atoms with Crippen LogP contribution in [0.2, 0.25) is 0 Å². The van der Waals surface area contributed by atoms with Crippen LogP contribution in [-0.4, -0.2) is 30.6 Å². The summed E-state index contributed by atoms with van der Waals surface area (Å²) in [4.78, 5) is 44.1. The number of nitro benzene ring substituents is 1. The van der Waals surface area contributed by atoms with E-state index in [0.717, 1.165) is 16.6 Å². The van der Waals surface area contributed by atoms with Crippen LogP contribution in [0.5, 0.6) is 0 Å². The molecular weight excluding hydrogens is 448 g/mol. The van der Waals surface area contributed by atoms with Gasteiger partial charge in [-0.3, -0.25) is 19.7 Å². The Morgan fingerprint density at radius 1 is 1.03 bits per heavy atom.